The van der Waals surface area contributed by atoms with Crippen LogP contribution in [0.3, 0.4) is 0 Å². The van der Waals surface area contributed by atoms with Crippen LogP contribution in [0, 0.1) is 0 Å². The van der Waals surface area contributed by atoms with Crippen LogP contribution >= 0.6 is 0 Å². The molecule has 26 heavy (non-hydrogen) atoms. The first kappa shape index (κ1) is 16.3. The molecule has 3 heterocycles. The van der Waals surface area contributed by atoms with Crippen LogP contribution < -0.4 is 5.32 Å². The van der Waals surface area contributed by atoms with Crippen LogP contribution in [-0.2, 0) is 7.05 Å². The Labute approximate surface area is 150 Å². The van der Waals surface area contributed by atoms with E-state index in [9.17, 15) is 9.59 Å². The lowest BCUT2D eigenvalue weighted by Crippen LogP contribution is -2.46. The molecule has 1 fully saturated rings. The van der Waals surface area contributed by atoms with E-state index in [4.69, 9.17) is 0 Å². The van der Waals surface area contributed by atoms with Crippen molar-refractivity contribution in [2.24, 2.45) is 7.05 Å². The summed E-state index contributed by atoms with van der Waals surface area (Å²) < 4.78 is 1.60. The zero-order chi connectivity index (χ0) is 18.1. The molecule has 8 heteroatoms. The molecule has 2 N–H and O–H groups in total. The fourth-order valence-electron chi connectivity index (χ4n) is 3.31. The van der Waals surface area contributed by atoms with E-state index >= 15 is 0 Å². The number of carbonyl (C=O) groups is 2. The van der Waals surface area contributed by atoms with Gasteiger partial charge in [-0.3, -0.25) is 19.4 Å². The van der Waals surface area contributed by atoms with E-state index in [-0.39, 0.29) is 17.9 Å². The number of H-pyrrole nitrogens is 1. The number of rotatable bonds is 3. The molecular weight excluding hydrogens is 332 g/mol. The topological polar surface area (TPSA) is 95.9 Å². The Morgan fingerprint density at radius 1 is 1.23 bits per heavy atom. The van der Waals surface area contributed by atoms with Crippen molar-refractivity contribution in [2.75, 3.05) is 13.1 Å². The summed E-state index contributed by atoms with van der Waals surface area (Å²) in [7, 11) is 1.78. The maximum absolute atomic E-state index is 12.8. The zero-order valence-electron chi connectivity index (χ0n) is 14.5. The fourth-order valence-corrected chi connectivity index (χ4v) is 3.31. The second-order valence-corrected chi connectivity index (χ2v) is 6.56. The molecule has 1 aliphatic rings. The maximum Gasteiger partial charge on any atom is 0.274 e. The van der Waals surface area contributed by atoms with Crippen molar-refractivity contribution in [1.82, 2.24) is 30.2 Å². The number of nitrogens with zero attached hydrogens (tertiary/aromatic N) is 4. The van der Waals surface area contributed by atoms with E-state index in [1.807, 2.05) is 24.3 Å². The van der Waals surface area contributed by atoms with Crippen molar-refractivity contribution in [3.05, 3.63) is 47.9 Å². The number of hydrogen-bond donors (Lipinski definition) is 2. The molecule has 2 aromatic heterocycles. The Morgan fingerprint density at radius 3 is 2.73 bits per heavy atom. The molecule has 134 valence electrons. The summed E-state index contributed by atoms with van der Waals surface area (Å²) in [6, 6.07) is 7.66. The number of piperidine rings is 1. The monoisotopic (exact) mass is 352 g/mol. The van der Waals surface area contributed by atoms with Gasteiger partial charge in [0, 0.05) is 37.8 Å². The molecule has 0 aliphatic carbocycles. The molecule has 0 spiro atoms. The first-order chi connectivity index (χ1) is 12.6. The minimum Gasteiger partial charge on any atom is -0.349 e. The summed E-state index contributed by atoms with van der Waals surface area (Å²) in [5.74, 6) is -0.194. The number of aryl methyl sites for hydroxylation is 1. The lowest BCUT2D eigenvalue weighted by Gasteiger charge is -2.32. The molecule has 0 bridgehead atoms. The third-order valence-corrected chi connectivity index (χ3v) is 4.76. The largest absolute Gasteiger partial charge is 0.349 e. The van der Waals surface area contributed by atoms with E-state index in [0.29, 0.717) is 24.3 Å². The van der Waals surface area contributed by atoms with Gasteiger partial charge in [0.25, 0.3) is 11.8 Å². The molecule has 1 saturated heterocycles. The Hall–Kier alpha value is -3.16. The van der Waals surface area contributed by atoms with Crippen LogP contribution in [0.5, 0.6) is 0 Å². The number of amides is 2. The van der Waals surface area contributed by atoms with E-state index in [0.717, 1.165) is 23.7 Å². The highest BCUT2D eigenvalue weighted by Crippen LogP contribution is 2.19. The van der Waals surface area contributed by atoms with Crippen LogP contribution in [0.2, 0.25) is 0 Å². The smallest absolute Gasteiger partial charge is 0.274 e. The molecule has 4 rings (SSSR count). The Kier molecular flexibility index (Phi) is 4.16. The number of fused-ring (bicyclic) bond motifs is 1. The fraction of sp³-hybridized carbons (Fsp3) is 0.333. The van der Waals surface area contributed by atoms with Gasteiger partial charge in [-0.2, -0.15) is 10.2 Å². The van der Waals surface area contributed by atoms with Crippen molar-refractivity contribution in [2.45, 2.75) is 18.9 Å². The van der Waals surface area contributed by atoms with E-state index < -0.39 is 0 Å². The number of aromatic nitrogens is 4. The molecule has 0 unspecified atom stereocenters. The highest BCUT2D eigenvalue weighted by atomic mass is 16.2. The number of benzene rings is 1. The van der Waals surface area contributed by atoms with Crippen molar-refractivity contribution in [1.29, 1.82) is 0 Å². The lowest BCUT2D eigenvalue weighted by molar-refractivity contribution is 0.0694. The van der Waals surface area contributed by atoms with E-state index in [2.05, 4.69) is 20.6 Å². The van der Waals surface area contributed by atoms with Crippen LogP contribution in [0.25, 0.3) is 10.9 Å². The molecular formula is C18H20N6O2. The summed E-state index contributed by atoms with van der Waals surface area (Å²) in [6.07, 6.45) is 4.69. The van der Waals surface area contributed by atoms with Gasteiger partial charge in [0.05, 0.1) is 17.3 Å². The van der Waals surface area contributed by atoms with Crippen LogP contribution in [0.4, 0.5) is 0 Å². The van der Waals surface area contributed by atoms with Crippen molar-refractivity contribution in [3.8, 4) is 0 Å². The van der Waals surface area contributed by atoms with Gasteiger partial charge in [0.1, 0.15) is 0 Å². The normalized spacial score (nSPS) is 15.3. The molecule has 8 nitrogen and oxygen atoms in total. The molecule has 1 aliphatic heterocycles. The van der Waals surface area contributed by atoms with Gasteiger partial charge in [-0.1, -0.05) is 18.2 Å². The Bertz CT molecular complexity index is 951. The van der Waals surface area contributed by atoms with Crippen LogP contribution in [-0.4, -0.2) is 55.8 Å². The third kappa shape index (κ3) is 3.05. The average molecular weight is 352 g/mol. The first-order valence-electron chi connectivity index (χ1n) is 8.64. The predicted octanol–water partition coefficient (Wildman–Crippen LogP) is 1.33. The molecule has 3 aromatic rings. The Balaban J connectivity index is 1.37. The van der Waals surface area contributed by atoms with Crippen LogP contribution in [0.1, 0.15) is 33.7 Å². The summed E-state index contributed by atoms with van der Waals surface area (Å²) in [4.78, 5) is 26.8. The number of aromatic amines is 1. The zero-order valence-corrected chi connectivity index (χ0v) is 14.5. The summed E-state index contributed by atoms with van der Waals surface area (Å²) >= 11 is 0. The quantitative estimate of drug-likeness (QED) is 0.743. The van der Waals surface area contributed by atoms with Crippen molar-refractivity contribution < 1.29 is 9.59 Å². The third-order valence-electron chi connectivity index (χ3n) is 4.76. The average Bonchev–Trinajstić information content (AvgIpc) is 3.28. The standard InChI is InChI=1S/C18H20N6O2/c1-23-11-12(10-19-23)17(25)20-13-6-8-24(9-7-13)18(26)16-14-4-2-3-5-15(14)21-22-16/h2-5,10-11,13H,6-9H2,1H3,(H,20,25)(H,21,22). The molecule has 0 saturated carbocycles. The number of nitrogens with one attached hydrogen (secondary N) is 2. The van der Waals surface area contributed by atoms with E-state index in [1.54, 1.807) is 29.0 Å². The van der Waals surface area contributed by atoms with Gasteiger partial charge in [-0.25, -0.2) is 0 Å². The van der Waals surface area contributed by atoms with Crippen molar-refractivity contribution >= 4 is 22.7 Å². The second-order valence-electron chi connectivity index (χ2n) is 6.56. The summed E-state index contributed by atoms with van der Waals surface area (Å²) in [5.41, 5.74) is 1.86. The molecule has 1 aromatic carbocycles. The highest BCUT2D eigenvalue weighted by Gasteiger charge is 2.27. The first-order valence-corrected chi connectivity index (χ1v) is 8.64. The SMILES string of the molecule is Cn1cc(C(=O)NC2CCN(C(=O)c3n[nH]c4ccccc34)CC2)cn1. The van der Waals surface area contributed by atoms with Gasteiger partial charge in [-0.05, 0) is 18.9 Å². The van der Waals surface area contributed by atoms with Crippen LogP contribution in [0.15, 0.2) is 36.7 Å². The minimum atomic E-state index is -0.124. The van der Waals surface area contributed by atoms with Gasteiger partial charge in [-0.15, -0.1) is 0 Å². The molecule has 0 atom stereocenters. The van der Waals surface area contributed by atoms with Gasteiger partial charge in [0.15, 0.2) is 5.69 Å². The number of likely N-dealkylation sites (tertiary alicyclic amines) is 1. The molecule has 2 amide bonds. The summed E-state index contributed by atoms with van der Waals surface area (Å²) in [5, 5.41) is 15.0. The van der Waals surface area contributed by atoms with Crippen molar-refractivity contribution in [3.63, 3.8) is 0 Å². The number of para-hydroxylation sites is 1. The summed E-state index contributed by atoms with van der Waals surface area (Å²) in [6.45, 7) is 1.19. The predicted molar refractivity (Wildman–Crippen MR) is 95.7 cm³/mol. The minimum absolute atomic E-state index is 0.0580. The maximum atomic E-state index is 12.8. The van der Waals surface area contributed by atoms with Gasteiger partial charge < -0.3 is 10.2 Å². The molecule has 0 radical (unpaired) electrons. The van der Waals surface area contributed by atoms with Gasteiger partial charge in [0.2, 0.25) is 0 Å². The number of carbonyl (C=O) groups excluding carboxylic acids is 2. The highest BCUT2D eigenvalue weighted by molar-refractivity contribution is 6.04. The lowest BCUT2D eigenvalue weighted by atomic mass is 10.0. The second kappa shape index (κ2) is 6.62. The van der Waals surface area contributed by atoms with E-state index in [1.165, 1.54) is 0 Å². The number of hydrogen-bond acceptors (Lipinski definition) is 4. The Morgan fingerprint density at radius 2 is 2.00 bits per heavy atom. The van der Waals surface area contributed by atoms with Gasteiger partial charge >= 0.3 is 0 Å².